The number of piperidine rings is 2. The minimum absolute atomic E-state index is 0.0162. The molecular formula is C18H28N4O. The maximum Gasteiger partial charge on any atom is 0.237 e. The van der Waals surface area contributed by atoms with Crippen LogP contribution < -0.4 is 10.6 Å². The lowest BCUT2D eigenvalue weighted by atomic mass is 9.93. The van der Waals surface area contributed by atoms with Crippen molar-refractivity contribution in [1.29, 1.82) is 0 Å². The Hall–Kier alpha value is -1.46. The third-order valence-electron chi connectivity index (χ3n) is 5.06. The van der Waals surface area contributed by atoms with E-state index >= 15 is 0 Å². The van der Waals surface area contributed by atoms with Gasteiger partial charge < -0.3 is 10.6 Å². The predicted molar refractivity (Wildman–Crippen MR) is 90.9 cm³/mol. The number of amides is 1. The molecule has 1 aromatic heterocycles. The van der Waals surface area contributed by atoms with Crippen LogP contribution in [0.15, 0.2) is 24.4 Å². The number of rotatable bonds is 4. The summed E-state index contributed by atoms with van der Waals surface area (Å²) in [6.45, 7) is 6.14. The van der Waals surface area contributed by atoms with Gasteiger partial charge in [-0.2, -0.15) is 0 Å². The fraction of sp³-hybridized carbons (Fsp3) is 0.667. The summed E-state index contributed by atoms with van der Waals surface area (Å²) in [4.78, 5) is 19.2. The summed E-state index contributed by atoms with van der Waals surface area (Å²) in [6.07, 6.45) is 6.18. The van der Waals surface area contributed by atoms with E-state index in [2.05, 4.69) is 33.5 Å². The van der Waals surface area contributed by atoms with Crippen molar-refractivity contribution >= 4 is 5.91 Å². The number of pyridine rings is 1. The summed E-state index contributed by atoms with van der Waals surface area (Å²) in [5.74, 6) is 0.666. The van der Waals surface area contributed by atoms with E-state index in [9.17, 15) is 4.79 Å². The first-order valence-corrected chi connectivity index (χ1v) is 8.88. The molecule has 0 aromatic carbocycles. The Morgan fingerprint density at radius 2 is 2.30 bits per heavy atom. The van der Waals surface area contributed by atoms with Crippen LogP contribution in [-0.2, 0) is 11.3 Å². The highest BCUT2D eigenvalue weighted by Gasteiger charge is 2.29. The molecule has 3 atom stereocenters. The highest BCUT2D eigenvalue weighted by molar-refractivity contribution is 5.82. The largest absolute Gasteiger partial charge is 0.352 e. The molecule has 5 heteroatoms. The Balaban J connectivity index is 1.47. The normalized spacial score (nSPS) is 29.2. The average Bonchev–Trinajstić information content (AvgIpc) is 2.59. The molecule has 5 nitrogen and oxygen atoms in total. The number of likely N-dealkylation sites (tertiary alicyclic amines) is 1. The van der Waals surface area contributed by atoms with Gasteiger partial charge in [-0.05, 0) is 43.9 Å². The van der Waals surface area contributed by atoms with Crippen LogP contribution in [0.4, 0.5) is 0 Å². The number of carbonyl (C=O) groups excluding carboxylic acids is 1. The fourth-order valence-corrected chi connectivity index (χ4v) is 3.67. The van der Waals surface area contributed by atoms with Crippen LogP contribution in [0, 0.1) is 5.92 Å². The standard InChI is InChI=1S/C18H28N4O/c1-14-12-22(13-15-6-2-4-9-19-15)11-8-16(14)21-18(23)17-7-3-5-10-20-17/h2,4,6,9,14,16-17,20H,3,5,7-8,10-13H2,1H3,(H,21,23)/t14?,16?,17-/m0/s1. The summed E-state index contributed by atoms with van der Waals surface area (Å²) in [5, 5.41) is 6.61. The van der Waals surface area contributed by atoms with Crippen LogP contribution in [-0.4, -0.2) is 47.5 Å². The molecule has 0 radical (unpaired) electrons. The third-order valence-corrected chi connectivity index (χ3v) is 5.06. The van der Waals surface area contributed by atoms with E-state index in [1.807, 2.05) is 18.3 Å². The van der Waals surface area contributed by atoms with Gasteiger partial charge in [-0.3, -0.25) is 14.7 Å². The maximum atomic E-state index is 12.4. The molecule has 2 N–H and O–H groups in total. The minimum Gasteiger partial charge on any atom is -0.352 e. The summed E-state index contributed by atoms with van der Waals surface area (Å²) < 4.78 is 0. The molecule has 2 saturated heterocycles. The highest BCUT2D eigenvalue weighted by atomic mass is 16.2. The van der Waals surface area contributed by atoms with E-state index in [1.165, 1.54) is 6.42 Å². The summed E-state index contributed by atoms with van der Waals surface area (Å²) >= 11 is 0. The van der Waals surface area contributed by atoms with E-state index in [4.69, 9.17) is 0 Å². The van der Waals surface area contributed by atoms with Gasteiger partial charge in [0.05, 0.1) is 11.7 Å². The second-order valence-corrected chi connectivity index (χ2v) is 6.94. The topological polar surface area (TPSA) is 57.3 Å². The smallest absolute Gasteiger partial charge is 0.237 e. The first-order chi connectivity index (χ1) is 11.2. The van der Waals surface area contributed by atoms with Gasteiger partial charge in [0.1, 0.15) is 0 Å². The van der Waals surface area contributed by atoms with Crippen molar-refractivity contribution in [2.75, 3.05) is 19.6 Å². The molecule has 1 aromatic rings. The Kier molecular flexibility index (Phi) is 5.62. The van der Waals surface area contributed by atoms with Crippen LogP contribution >= 0.6 is 0 Å². The number of hydrogen-bond donors (Lipinski definition) is 2. The lowest BCUT2D eigenvalue weighted by molar-refractivity contribution is -0.125. The fourth-order valence-electron chi connectivity index (χ4n) is 3.67. The van der Waals surface area contributed by atoms with Crippen molar-refractivity contribution in [1.82, 2.24) is 20.5 Å². The SMILES string of the molecule is CC1CN(Cc2ccccn2)CCC1NC(=O)[C@@H]1CCCCN1. The second kappa shape index (κ2) is 7.88. The van der Waals surface area contributed by atoms with Crippen LogP contribution in [0.1, 0.15) is 38.3 Å². The zero-order valence-electron chi connectivity index (χ0n) is 14.0. The van der Waals surface area contributed by atoms with Crippen molar-refractivity contribution in [3.8, 4) is 0 Å². The Morgan fingerprint density at radius 3 is 3.00 bits per heavy atom. The molecular weight excluding hydrogens is 288 g/mol. The molecule has 2 fully saturated rings. The Labute approximate surface area is 138 Å². The summed E-state index contributed by atoms with van der Waals surface area (Å²) in [6, 6.07) is 6.38. The van der Waals surface area contributed by atoms with Crippen molar-refractivity contribution in [3.05, 3.63) is 30.1 Å². The molecule has 0 saturated carbocycles. The highest BCUT2D eigenvalue weighted by Crippen LogP contribution is 2.19. The third kappa shape index (κ3) is 4.52. The Morgan fingerprint density at radius 1 is 1.39 bits per heavy atom. The maximum absolute atomic E-state index is 12.4. The van der Waals surface area contributed by atoms with Gasteiger partial charge >= 0.3 is 0 Å². The summed E-state index contributed by atoms with van der Waals surface area (Å²) in [5.41, 5.74) is 1.12. The minimum atomic E-state index is 0.0162. The molecule has 126 valence electrons. The number of carbonyl (C=O) groups is 1. The first-order valence-electron chi connectivity index (χ1n) is 8.88. The number of aromatic nitrogens is 1. The zero-order valence-corrected chi connectivity index (χ0v) is 14.0. The molecule has 2 unspecified atom stereocenters. The van der Waals surface area contributed by atoms with Crippen LogP contribution in [0.25, 0.3) is 0 Å². The molecule has 1 amide bonds. The Bertz CT molecular complexity index is 501. The van der Waals surface area contributed by atoms with Gasteiger partial charge in [0.2, 0.25) is 5.91 Å². The van der Waals surface area contributed by atoms with E-state index in [1.54, 1.807) is 0 Å². The van der Waals surface area contributed by atoms with Gasteiger partial charge in [-0.1, -0.05) is 19.4 Å². The number of nitrogens with zero attached hydrogens (tertiary/aromatic N) is 2. The second-order valence-electron chi connectivity index (χ2n) is 6.94. The first kappa shape index (κ1) is 16.4. The molecule has 3 rings (SSSR count). The molecule has 23 heavy (non-hydrogen) atoms. The quantitative estimate of drug-likeness (QED) is 0.885. The molecule has 0 bridgehead atoms. The van der Waals surface area contributed by atoms with E-state index in [-0.39, 0.29) is 11.9 Å². The molecule has 3 heterocycles. The van der Waals surface area contributed by atoms with Crippen LogP contribution in [0.2, 0.25) is 0 Å². The molecule has 2 aliphatic heterocycles. The molecule has 0 spiro atoms. The van der Waals surface area contributed by atoms with Crippen molar-refractivity contribution in [2.45, 2.75) is 51.2 Å². The lowest BCUT2D eigenvalue weighted by Crippen LogP contribution is -2.54. The summed E-state index contributed by atoms with van der Waals surface area (Å²) in [7, 11) is 0. The van der Waals surface area contributed by atoms with Gasteiger partial charge in [-0.25, -0.2) is 0 Å². The number of nitrogens with one attached hydrogen (secondary N) is 2. The predicted octanol–water partition coefficient (Wildman–Crippen LogP) is 1.55. The zero-order chi connectivity index (χ0) is 16.1. The van der Waals surface area contributed by atoms with Crippen molar-refractivity contribution in [2.24, 2.45) is 5.92 Å². The van der Waals surface area contributed by atoms with Crippen molar-refractivity contribution < 1.29 is 4.79 Å². The van der Waals surface area contributed by atoms with Gasteiger partial charge in [-0.15, -0.1) is 0 Å². The van der Waals surface area contributed by atoms with E-state index < -0.39 is 0 Å². The van der Waals surface area contributed by atoms with E-state index in [0.29, 0.717) is 12.0 Å². The molecule has 0 aliphatic carbocycles. The average molecular weight is 316 g/mol. The van der Waals surface area contributed by atoms with Gasteiger partial charge in [0.25, 0.3) is 0 Å². The lowest BCUT2D eigenvalue weighted by Gasteiger charge is -2.38. The van der Waals surface area contributed by atoms with Gasteiger partial charge in [0, 0.05) is 31.9 Å². The van der Waals surface area contributed by atoms with Crippen LogP contribution in [0.3, 0.4) is 0 Å². The van der Waals surface area contributed by atoms with Crippen LogP contribution in [0.5, 0.6) is 0 Å². The van der Waals surface area contributed by atoms with Crippen molar-refractivity contribution in [3.63, 3.8) is 0 Å². The van der Waals surface area contributed by atoms with E-state index in [0.717, 1.165) is 51.1 Å². The molecule has 2 aliphatic rings. The number of hydrogen-bond acceptors (Lipinski definition) is 4. The van der Waals surface area contributed by atoms with Gasteiger partial charge in [0.15, 0.2) is 0 Å². The monoisotopic (exact) mass is 316 g/mol.